The maximum atomic E-state index is 11.7. The average molecular weight is 385 g/mol. The minimum atomic E-state index is -0.284. The van der Waals surface area contributed by atoms with Gasteiger partial charge in [-0.05, 0) is 42.9 Å². The molecule has 2 N–H and O–H groups in total. The maximum absolute atomic E-state index is 11.7. The molecule has 1 aromatic heterocycles. The van der Waals surface area contributed by atoms with E-state index in [1.54, 1.807) is 18.2 Å². The summed E-state index contributed by atoms with van der Waals surface area (Å²) in [6.07, 6.45) is 3.43. The number of carbonyl (C=O) groups is 2. The van der Waals surface area contributed by atoms with E-state index in [9.17, 15) is 19.8 Å². The number of hydrogen-bond acceptors (Lipinski definition) is 5. The molecular weight excluding hydrogens is 358 g/mol. The number of carbonyl (C=O) groups excluding carboxylic acids is 2. The predicted molar refractivity (Wildman–Crippen MR) is 105 cm³/mol. The molecule has 6 nitrogen and oxygen atoms in total. The van der Waals surface area contributed by atoms with Gasteiger partial charge in [0.25, 0.3) is 0 Å². The molecule has 150 valence electrons. The minimum Gasteiger partial charge on any atom is -0.494 e. The molecule has 3 rings (SSSR count). The number of Topliss-reactive ketones (excluding diaryl/α,β-unsaturated/α-hetero) is 1. The summed E-state index contributed by atoms with van der Waals surface area (Å²) in [7, 11) is 0. The second-order valence-corrected chi connectivity index (χ2v) is 7.56. The van der Waals surface area contributed by atoms with Crippen LogP contribution in [0.15, 0.2) is 24.3 Å². The number of aromatic nitrogens is 1. The van der Waals surface area contributed by atoms with E-state index in [2.05, 4.69) is 0 Å². The smallest absolute Gasteiger partial charge is 0.302 e. The molecule has 0 bridgehead atoms. The Balaban J connectivity index is 1.77. The van der Waals surface area contributed by atoms with Crippen molar-refractivity contribution in [2.75, 3.05) is 0 Å². The SMILES string of the molecule is CCCC(CCC(C)c1cc(O)n(-c2ccc3c(c2)C(=O)C3)c1O)OC(C)=O. The van der Waals surface area contributed by atoms with Gasteiger partial charge in [-0.2, -0.15) is 0 Å². The van der Waals surface area contributed by atoms with E-state index in [-0.39, 0.29) is 35.5 Å². The van der Waals surface area contributed by atoms with E-state index >= 15 is 0 Å². The molecule has 0 saturated carbocycles. The zero-order valence-electron chi connectivity index (χ0n) is 16.6. The molecule has 0 aliphatic heterocycles. The van der Waals surface area contributed by atoms with Crippen LogP contribution in [0.4, 0.5) is 0 Å². The summed E-state index contributed by atoms with van der Waals surface area (Å²) in [5.41, 5.74) is 2.82. The molecule has 1 aromatic carbocycles. The highest BCUT2D eigenvalue weighted by Crippen LogP contribution is 2.39. The number of ether oxygens (including phenoxy) is 1. The largest absolute Gasteiger partial charge is 0.494 e. The number of benzene rings is 1. The van der Waals surface area contributed by atoms with E-state index in [1.807, 2.05) is 19.9 Å². The number of aromatic hydroxyl groups is 2. The van der Waals surface area contributed by atoms with Gasteiger partial charge in [-0.3, -0.25) is 14.2 Å². The first kappa shape index (κ1) is 20.0. The summed E-state index contributed by atoms with van der Waals surface area (Å²) < 4.78 is 6.71. The number of nitrogens with zero attached hydrogens (tertiary/aromatic N) is 1. The Morgan fingerprint density at radius 3 is 2.61 bits per heavy atom. The number of hydrogen-bond donors (Lipinski definition) is 2. The third kappa shape index (κ3) is 3.91. The fourth-order valence-corrected chi connectivity index (χ4v) is 3.81. The highest BCUT2D eigenvalue weighted by atomic mass is 16.5. The van der Waals surface area contributed by atoms with Gasteiger partial charge in [0.05, 0.1) is 5.69 Å². The normalized spacial score (nSPS) is 14.9. The third-order valence-corrected chi connectivity index (χ3v) is 5.38. The van der Waals surface area contributed by atoms with Crippen molar-refractivity contribution >= 4 is 11.8 Å². The van der Waals surface area contributed by atoms with Crippen molar-refractivity contribution in [3.05, 3.63) is 41.0 Å². The van der Waals surface area contributed by atoms with Crippen LogP contribution in [0.3, 0.4) is 0 Å². The maximum Gasteiger partial charge on any atom is 0.302 e. The van der Waals surface area contributed by atoms with Crippen LogP contribution < -0.4 is 0 Å². The average Bonchev–Trinajstić information content (AvgIpc) is 2.93. The lowest BCUT2D eigenvalue weighted by Crippen LogP contribution is -2.18. The minimum absolute atomic E-state index is 0.0312. The van der Waals surface area contributed by atoms with Gasteiger partial charge in [0.15, 0.2) is 11.7 Å². The zero-order chi connectivity index (χ0) is 20.4. The second kappa shape index (κ2) is 8.09. The molecule has 0 spiro atoms. The van der Waals surface area contributed by atoms with E-state index in [1.165, 1.54) is 11.5 Å². The van der Waals surface area contributed by atoms with Crippen molar-refractivity contribution in [1.82, 2.24) is 4.57 Å². The van der Waals surface area contributed by atoms with Gasteiger partial charge in [-0.1, -0.05) is 26.3 Å². The molecule has 2 unspecified atom stereocenters. The Labute approximate surface area is 164 Å². The molecule has 0 amide bonds. The van der Waals surface area contributed by atoms with Crippen molar-refractivity contribution in [3.8, 4) is 17.4 Å². The number of fused-ring (bicyclic) bond motifs is 1. The fraction of sp³-hybridized carbons (Fsp3) is 0.455. The van der Waals surface area contributed by atoms with Crippen LogP contribution >= 0.6 is 0 Å². The third-order valence-electron chi connectivity index (χ3n) is 5.38. The van der Waals surface area contributed by atoms with Crippen LogP contribution in [0.5, 0.6) is 11.8 Å². The standard InChI is InChI=1S/C22H27NO5/c1-4-5-17(28-14(3)24)9-6-13(2)18-12-21(26)23(22(18)27)16-8-7-15-10-20(25)19(15)11-16/h7-8,11-13,17,26-27H,4-6,9-10H2,1-3H3. The number of esters is 1. The van der Waals surface area contributed by atoms with Crippen LogP contribution in [-0.4, -0.2) is 32.6 Å². The fourth-order valence-electron chi connectivity index (χ4n) is 3.81. The lowest BCUT2D eigenvalue weighted by Gasteiger charge is -2.19. The van der Waals surface area contributed by atoms with Crippen LogP contribution in [0.1, 0.15) is 73.9 Å². The van der Waals surface area contributed by atoms with Gasteiger partial charge in [0.1, 0.15) is 6.10 Å². The van der Waals surface area contributed by atoms with Crippen molar-refractivity contribution < 1.29 is 24.5 Å². The van der Waals surface area contributed by atoms with Gasteiger partial charge in [0.2, 0.25) is 5.88 Å². The molecule has 1 aliphatic rings. The molecule has 28 heavy (non-hydrogen) atoms. The van der Waals surface area contributed by atoms with E-state index in [0.29, 0.717) is 36.1 Å². The first-order valence-electron chi connectivity index (χ1n) is 9.79. The van der Waals surface area contributed by atoms with Crippen molar-refractivity contribution in [2.24, 2.45) is 0 Å². The number of ketones is 1. The molecule has 0 radical (unpaired) electrons. The highest BCUT2D eigenvalue weighted by molar-refractivity contribution is 6.07. The lowest BCUT2D eigenvalue weighted by molar-refractivity contribution is -0.147. The Hall–Kier alpha value is -2.76. The van der Waals surface area contributed by atoms with E-state index in [0.717, 1.165) is 18.4 Å². The van der Waals surface area contributed by atoms with Crippen molar-refractivity contribution in [2.45, 2.75) is 64.9 Å². The Morgan fingerprint density at radius 2 is 1.96 bits per heavy atom. The van der Waals surface area contributed by atoms with Crippen molar-refractivity contribution in [3.63, 3.8) is 0 Å². The Bertz CT molecular complexity index is 899. The monoisotopic (exact) mass is 385 g/mol. The quantitative estimate of drug-likeness (QED) is 0.664. The van der Waals surface area contributed by atoms with Gasteiger partial charge in [0, 0.05) is 30.5 Å². The number of rotatable bonds is 8. The molecule has 0 saturated heterocycles. The molecular formula is C22H27NO5. The summed E-state index contributed by atoms with van der Waals surface area (Å²) in [5, 5.41) is 21.1. The first-order chi connectivity index (χ1) is 13.3. The topological polar surface area (TPSA) is 88.8 Å². The van der Waals surface area contributed by atoms with Crippen LogP contribution in [0.2, 0.25) is 0 Å². The van der Waals surface area contributed by atoms with Gasteiger partial charge in [-0.25, -0.2) is 0 Å². The Morgan fingerprint density at radius 1 is 1.21 bits per heavy atom. The van der Waals surface area contributed by atoms with E-state index < -0.39 is 0 Å². The Kier molecular flexibility index (Phi) is 5.77. The van der Waals surface area contributed by atoms with Gasteiger partial charge in [-0.15, -0.1) is 0 Å². The summed E-state index contributed by atoms with van der Waals surface area (Å²) in [6.45, 7) is 5.43. The molecule has 2 aromatic rings. The van der Waals surface area contributed by atoms with Gasteiger partial charge < -0.3 is 14.9 Å². The lowest BCUT2D eigenvalue weighted by atomic mass is 9.87. The van der Waals surface area contributed by atoms with Crippen LogP contribution in [-0.2, 0) is 16.0 Å². The van der Waals surface area contributed by atoms with Gasteiger partial charge >= 0.3 is 5.97 Å². The van der Waals surface area contributed by atoms with Crippen molar-refractivity contribution in [1.29, 1.82) is 0 Å². The van der Waals surface area contributed by atoms with E-state index in [4.69, 9.17) is 4.74 Å². The first-order valence-corrected chi connectivity index (χ1v) is 9.79. The molecule has 0 fully saturated rings. The zero-order valence-corrected chi connectivity index (χ0v) is 16.6. The summed E-state index contributed by atoms with van der Waals surface area (Å²) >= 11 is 0. The predicted octanol–water partition coefficient (Wildman–Crippen LogP) is 4.24. The summed E-state index contributed by atoms with van der Waals surface area (Å²) in [5.74, 6) is -0.347. The summed E-state index contributed by atoms with van der Waals surface area (Å²) in [4.78, 5) is 23.0. The second-order valence-electron chi connectivity index (χ2n) is 7.56. The molecule has 1 aliphatic carbocycles. The molecule has 6 heteroatoms. The molecule has 1 heterocycles. The van der Waals surface area contributed by atoms with Crippen LogP contribution in [0, 0.1) is 0 Å². The highest BCUT2D eigenvalue weighted by Gasteiger charge is 2.26. The molecule has 2 atom stereocenters. The van der Waals surface area contributed by atoms with Crippen LogP contribution in [0.25, 0.3) is 5.69 Å². The summed E-state index contributed by atoms with van der Waals surface area (Å²) in [6, 6.07) is 6.90.